The SMILES string of the molecule is COc1cc([N+](=O)[O-])ccc1OCCCN1CC(C)OC(C)C1. The molecule has 2 atom stereocenters. The molecule has 1 heterocycles. The van der Waals surface area contributed by atoms with Gasteiger partial charge in [0.25, 0.3) is 5.69 Å². The zero-order chi connectivity index (χ0) is 16.8. The van der Waals surface area contributed by atoms with Gasteiger partial charge in [0.05, 0.1) is 36.9 Å². The molecule has 0 saturated carbocycles. The summed E-state index contributed by atoms with van der Waals surface area (Å²) in [4.78, 5) is 12.7. The van der Waals surface area contributed by atoms with Gasteiger partial charge in [0.1, 0.15) is 0 Å². The van der Waals surface area contributed by atoms with E-state index in [-0.39, 0.29) is 17.9 Å². The molecule has 23 heavy (non-hydrogen) atoms. The molecule has 1 saturated heterocycles. The van der Waals surface area contributed by atoms with E-state index in [0.29, 0.717) is 18.1 Å². The Morgan fingerprint density at radius 1 is 1.30 bits per heavy atom. The number of rotatable bonds is 7. The smallest absolute Gasteiger partial charge is 0.273 e. The van der Waals surface area contributed by atoms with Crippen LogP contribution in [0.4, 0.5) is 5.69 Å². The van der Waals surface area contributed by atoms with Gasteiger partial charge in [-0.05, 0) is 26.3 Å². The molecule has 0 amide bonds. The van der Waals surface area contributed by atoms with E-state index in [1.165, 1.54) is 19.2 Å². The quantitative estimate of drug-likeness (QED) is 0.436. The summed E-state index contributed by atoms with van der Waals surface area (Å²) in [7, 11) is 1.47. The molecule has 0 radical (unpaired) electrons. The number of benzene rings is 1. The van der Waals surface area contributed by atoms with Crippen LogP contribution >= 0.6 is 0 Å². The van der Waals surface area contributed by atoms with Crippen LogP contribution in [0, 0.1) is 10.1 Å². The monoisotopic (exact) mass is 324 g/mol. The van der Waals surface area contributed by atoms with Crippen molar-refractivity contribution in [2.45, 2.75) is 32.5 Å². The van der Waals surface area contributed by atoms with Crippen molar-refractivity contribution in [2.24, 2.45) is 0 Å². The number of ether oxygens (including phenoxy) is 3. The molecular formula is C16H24N2O5. The molecule has 2 unspecified atom stereocenters. The third-order valence-corrected chi connectivity index (χ3v) is 3.73. The Kier molecular flexibility index (Phi) is 6.18. The van der Waals surface area contributed by atoms with E-state index < -0.39 is 4.92 Å². The van der Waals surface area contributed by atoms with Gasteiger partial charge in [-0.2, -0.15) is 0 Å². The fourth-order valence-corrected chi connectivity index (χ4v) is 2.83. The third-order valence-electron chi connectivity index (χ3n) is 3.73. The van der Waals surface area contributed by atoms with Crippen molar-refractivity contribution >= 4 is 5.69 Å². The standard InChI is InChI=1S/C16H24N2O5/c1-12-10-17(11-13(2)23-12)7-4-8-22-15-6-5-14(18(19)20)9-16(15)21-3/h5-6,9,12-13H,4,7-8,10-11H2,1-3H3. The number of nitrogens with zero attached hydrogens (tertiary/aromatic N) is 2. The minimum atomic E-state index is -0.451. The van der Waals surface area contributed by atoms with Crippen molar-refractivity contribution in [3.8, 4) is 11.5 Å². The molecule has 2 rings (SSSR count). The lowest BCUT2D eigenvalue weighted by molar-refractivity contribution is -0.384. The van der Waals surface area contributed by atoms with Gasteiger partial charge < -0.3 is 14.2 Å². The maximum absolute atomic E-state index is 10.8. The highest BCUT2D eigenvalue weighted by Crippen LogP contribution is 2.31. The summed E-state index contributed by atoms with van der Waals surface area (Å²) >= 11 is 0. The van der Waals surface area contributed by atoms with E-state index in [2.05, 4.69) is 18.7 Å². The molecule has 1 aliphatic rings. The number of morpholine rings is 1. The molecule has 1 aromatic carbocycles. The second-order valence-electron chi connectivity index (χ2n) is 5.81. The molecule has 128 valence electrons. The summed E-state index contributed by atoms with van der Waals surface area (Å²) in [5, 5.41) is 10.8. The van der Waals surface area contributed by atoms with Crippen LogP contribution in [0.2, 0.25) is 0 Å². The molecule has 1 fully saturated rings. The van der Waals surface area contributed by atoms with E-state index in [1.807, 2.05) is 0 Å². The van der Waals surface area contributed by atoms with E-state index in [0.717, 1.165) is 26.1 Å². The van der Waals surface area contributed by atoms with Gasteiger partial charge in [0, 0.05) is 25.7 Å². The van der Waals surface area contributed by atoms with E-state index in [4.69, 9.17) is 14.2 Å². The van der Waals surface area contributed by atoms with Crippen LogP contribution in [0.15, 0.2) is 18.2 Å². The fourth-order valence-electron chi connectivity index (χ4n) is 2.83. The average molecular weight is 324 g/mol. The Bertz CT molecular complexity index is 527. The van der Waals surface area contributed by atoms with Crippen LogP contribution in [-0.2, 0) is 4.74 Å². The van der Waals surface area contributed by atoms with Gasteiger partial charge in [-0.1, -0.05) is 0 Å². The van der Waals surface area contributed by atoms with Crippen LogP contribution in [0.25, 0.3) is 0 Å². The van der Waals surface area contributed by atoms with Gasteiger partial charge in [0.15, 0.2) is 11.5 Å². The Hall–Kier alpha value is -1.86. The summed E-state index contributed by atoms with van der Waals surface area (Å²) in [6.07, 6.45) is 1.39. The molecule has 7 heteroatoms. The van der Waals surface area contributed by atoms with Crippen molar-refractivity contribution < 1.29 is 19.1 Å². The molecule has 7 nitrogen and oxygen atoms in total. The molecule has 1 aromatic rings. The molecule has 0 aliphatic carbocycles. The minimum Gasteiger partial charge on any atom is -0.493 e. The highest BCUT2D eigenvalue weighted by atomic mass is 16.6. The summed E-state index contributed by atoms with van der Waals surface area (Å²) in [6.45, 7) is 7.51. The van der Waals surface area contributed by atoms with Crippen LogP contribution in [0.5, 0.6) is 11.5 Å². The van der Waals surface area contributed by atoms with Gasteiger partial charge in [-0.15, -0.1) is 0 Å². The lowest BCUT2D eigenvalue weighted by Gasteiger charge is -2.35. The van der Waals surface area contributed by atoms with E-state index in [1.54, 1.807) is 6.07 Å². The first kappa shape index (κ1) is 17.5. The van der Waals surface area contributed by atoms with Crippen LogP contribution in [-0.4, -0.2) is 55.4 Å². The van der Waals surface area contributed by atoms with Gasteiger partial charge >= 0.3 is 0 Å². The Labute approximate surface area is 136 Å². The maximum atomic E-state index is 10.8. The predicted octanol–water partition coefficient (Wildman–Crippen LogP) is 2.48. The van der Waals surface area contributed by atoms with Crippen LogP contribution in [0.1, 0.15) is 20.3 Å². The average Bonchev–Trinajstić information content (AvgIpc) is 2.50. The molecule has 1 aliphatic heterocycles. The highest BCUT2D eigenvalue weighted by molar-refractivity contribution is 5.48. The number of nitro benzene ring substituents is 1. The largest absolute Gasteiger partial charge is 0.493 e. The lowest BCUT2D eigenvalue weighted by Crippen LogP contribution is -2.45. The lowest BCUT2D eigenvalue weighted by atomic mass is 10.2. The molecule has 0 bridgehead atoms. The second kappa shape index (κ2) is 8.12. The van der Waals surface area contributed by atoms with Crippen LogP contribution in [0.3, 0.4) is 0 Å². The second-order valence-corrected chi connectivity index (χ2v) is 5.81. The molecular weight excluding hydrogens is 300 g/mol. The Morgan fingerprint density at radius 2 is 2.00 bits per heavy atom. The highest BCUT2D eigenvalue weighted by Gasteiger charge is 2.21. The Balaban J connectivity index is 1.81. The number of non-ortho nitro benzene ring substituents is 1. The first-order valence-electron chi connectivity index (χ1n) is 7.82. The van der Waals surface area contributed by atoms with Crippen molar-refractivity contribution in [3.05, 3.63) is 28.3 Å². The van der Waals surface area contributed by atoms with Crippen molar-refractivity contribution in [1.82, 2.24) is 4.90 Å². The summed E-state index contributed by atoms with van der Waals surface area (Å²) < 4.78 is 16.6. The zero-order valence-electron chi connectivity index (χ0n) is 13.9. The van der Waals surface area contributed by atoms with Crippen LogP contribution < -0.4 is 9.47 Å². The van der Waals surface area contributed by atoms with E-state index in [9.17, 15) is 10.1 Å². The van der Waals surface area contributed by atoms with Gasteiger partial charge in [0.2, 0.25) is 0 Å². The number of hydrogen-bond donors (Lipinski definition) is 0. The summed E-state index contributed by atoms with van der Waals surface area (Å²) in [5.41, 5.74) is -0.00880. The predicted molar refractivity (Wildman–Crippen MR) is 86.2 cm³/mol. The topological polar surface area (TPSA) is 74.1 Å². The molecule has 0 spiro atoms. The number of hydrogen-bond acceptors (Lipinski definition) is 6. The summed E-state index contributed by atoms with van der Waals surface area (Å²) in [5.74, 6) is 0.912. The fraction of sp³-hybridized carbons (Fsp3) is 0.625. The number of nitro groups is 1. The first-order chi connectivity index (χ1) is 11.0. The minimum absolute atomic E-state index is 0.00880. The first-order valence-corrected chi connectivity index (χ1v) is 7.82. The molecule has 0 N–H and O–H groups in total. The normalized spacial score (nSPS) is 21.9. The van der Waals surface area contributed by atoms with E-state index >= 15 is 0 Å². The van der Waals surface area contributed by atoms with Crippen molar-refractivity contribution in [3.63, 3.8) is 0 Å². The van der Waals surface area contributed by atoms with Gasteiger partial charge in [-0.25, -0.2) is 0 Å². The zero-order valence-corrected chi connectivity index (χ0v) is 13.9. The van der Waals surface area contributed by atoms with Crippen molar-refractivity contribution in [2.75, 3.05) is 33.4 Å². The maximum Gasteiger partial charge on any atom is 0.273 e. The molecule has 0 aromatic heterocycles. The number of methoxy groups -OCH3 is 1. The Morgan fingerprint density at radius 3 is 2.61 bits per heavy atom. The van der Waals surface area contributed by atoms with Crippen molar-refractivity contribution in [1.29, 1.82) is 0 Å². The summed E-state index contributed by atoms with van der Waals surface area (Å²) in [6, 6.07) is 4.37. The third kappa shape index (κ3) is 5.07. The van der Waals surface area contributed by atoms with Gasteiger partial charge in [-0.3, -0.25) is 15.0 Å².